The second-order valence-electron chi connectivity index (χ2n) is 7.80. The average Bonchev–Trinajstić information content (AvgIpc) is 2.81. The predicted octanol–water partition coefficient (Wildman–Crippen LogP) is 3.16. The molecule has 1 aliphatic heterocycles. The van der Waals surface area contributed by atoms with E-state index in [4.69, 9.17) is 9.47 Å². The highest BCUT2D eigenvalue weighted by Gasteiger charge is 2.35. The Bertz CT molecular complexity index is 519. The number of carbonyl (C=O) groups excluding carboxylic acids is 1. The molecule has 1 heterocycles. The molecule has 2 atom stereocenters. The Kier molecular flexibility index (Phi) is 5.48. The highest BCUT2D eigenvalue weighted by Crippen LogP contribution is 2.29. The SMILES string of the molecule is CC1(C)OCC(CNC(=O)C(Cc2ccccc2)C(C)(C)C)O1. The van der Waals surface area contributed by atoms with E-state index in [2.05, 4.69) is 38.2 Å². The normalized spacial score (nSPS) is 21.9. The van der Waals surface area contributed by atoms with Crippen LogP contribution in [0.1, 0.15) is 40.2 Å². The maximum absolute atomic E-state index is 12.7. The van der Waals surface area contributed by atoms with Crippen molar-refractivity contribution < 1.29 is 14.3 Å². The van der Waals surface area contributed by atoms with Crippen LogP contribution in [0.2, 0.25) is 0 Å². The first-order valence-corrected chi connectivity index (χ1v) is 8.31. The van der Waals surface area contributed by atoms with Crippen molar-refractivity contribution in [3.8, 4) is 0 Å². The molecule has 1 fully saturated rings. The molecule has 1 amide bonds. The van der Waals surface area contributed by atoms with Crippen molar-refractivity contribution in [1.82, 2.24) is 5.32 Å². The van der Waals surface area contributed by atoms with Crippen molar-refractivity contribution >= 4 is 5.91 Å². The lowest BCUT2D eigenvalue weighted by Gasteiger charge is -2.30. The van der Waals surface area contributed by atoms with Gasteiger partial charge in [0.05, 0.1) is 6.61 Å². The molecule has 2 unspecified atom stereocenters. The molecule has 0 spiro atoms. The third kappa shape index (κ3) is 5.33. The molecule has 128 valence electrons. The molecule has 1 aliphatic rings. The maximum Gasteiger partial charge on any atom is 0.224 e. The van der Waals surface area contributed by atoms with Crippen molar-refractivity contribution in [2.45, 2.75) is 52.9 Å². The minimum atomic E-state index is -0.553. The number of benzene rings is 1. The summed E-state index contributed by atoms with van der Waals surface area (Å²) in [6.07, 6.45) is 0.662. The predicted molar refractivity (Wildman–Crippen MR) is 91.0 cm³/mol. The van der Waals surface area contributed by atoms with Crippen LogP contribution < -0.4 is 5.32 Å². The van der Waals surface area contributed by atoms with Crippen LogP contribution in [0.15, 0.2) is 30.3 Å². The third-order valence-corrected chi connectivity index (χ3v) is 4.22. The highest BCUT2D eigenvalue weighted by molar-refractivity contribution is 5.79. The van der Waals surface area contributed by atoms with Crippen LogP contribution in [0, 0.1) is 11.3 Å². The van der Waals surface area contributed by atoms with E-state index < -0.39 is 5.79 Å². The molecule has 0 radical (unpaired) electrons. The number of hydrogen-bond acceptors (Lipinski definition) is 3. The lowest BCUT2D eigenvalue weighted by molar-refractivity contribution is -0.140. The van der Waals surface area contributed by atoms with Gasteiger partial charge in [-0.1, -0.05) is 51.1 Å². The fourth-order valence-electron chi connectivity index (χ4n) is 2.84. The molecule has 1 aromatic rings. The van der Waals surface area contributed by atoms with Crippen molar-refractivity contribution in [2.75, 3.05) is 13.2 Å². The number of ether oxygens (including phenoxy) is 2. The zero-order chi connectivity index (χ0) is 17.1. The molecular formula is C19H29NO3. The van der Waals surface area contributed by atoms with Gasteiger partial charge in [-0.2, -0.15) is 0 Å². The van der Waals surface area contributed by atoms with Gasteiger partial charge in [0.25, 0.3) is 0 Å². The standard InChI is InChI=1S/C19H29NO3/c1-18(2,3)16(11-14-9-7-6-8-10-14)17(21)20-12-15-13-22-19(4,5)23-15/h6-10,15-16H,11-13H2,1-5H3,(H,20,21). The average molecular weight is 319 g/mol. The quantitative estimate of drug-likeness (QED) is 0.907. The van der Waals surface area contributed by atoms with E-state index in [1.165, 1.54) is 5.56 Å². The van der Waals surface area contributed by atoms with Crippen LogP contribution in [-0.2, 0) is 20.7 Å². The van der Waals surface area contributed by atoms with Crippen LogP contribution in [0.3, 0.4) is 0 Å². The Morgan fingerprint density at radius 1 is 1.30 bits per heavy atom. The number of nitrogens with one attached hydrogen (secondary N) is 1. The van der Waals surface area contributed by atoms with Crippen molar-refractivity contribution in [2.24, 2.45) is 11.3 Å². The maximum atomic E-state index is 12.7. The Labute approximate surface area is 139 Å². The molecule has 0 aliphatic carbocycles. The Morgan fingerprint density at radius 2 is 1.96 bits per heavy atom. The minimum Gasteiger partial charge on any atom is -0.353 e. The van der Waals surface area contributed by atoms with Gasteiger partial charge in [-0.05, 0) is 31.2 Å². The van der Waals surface area contributed by atoms with Gasteiger partial charge in [-0.3, -0.25) is 4.79 Å². The van der Waals surface area contributed by atoms with Gasteiger partial charge in [0.15, 0.2) is 5.79 Å². The van der Waals surface area contributed by atoms with E-state index in [1.54, 1.807) is 0 Å². The second kappa shape index (κ2) is 7.02. The lowest BCUT2D eigenvalue weighted by atomic mass is 9.76. The Hall–Kier alpha value is -1.39. The molecule has 0 bridgehead atoms. The molecule has 1 saturated heterocycles. The summed E-state index contributed by atoms with van der Waals surface area (Å²) in [6, 6.07) is 10.2. The van der Waals surface area contributed by atoms with Gasteiger partial charge in [-0.15, -0.1) is 0 Å². The topological polar surface area (TPSA) is 47.6 Å². The second-order valence-corrected chi connectivity index (χ2v) is 7.80. The summed E-state index contributed by atoms with van der Waals surface area (Å²) in [6.45, 7) is 11.1. The Morgan fingerprint density at radius 3 is 2.48 bits per heavy atom. The zero-order valence-corrected chi connectivity index (χ0v) is 14.9. The summed E-state index contributed by atoms with van der Waals surface area (Å²) >= 11 is 0. The van der Waals surface area contributed by atoms with E-state index in [9.17, 15) is 4.79 Å². The molecule has 2 rings (SSSR count). The molecule has 4 nitrogen and oxygen atoms in total. The van der Waals surface area contributed by atoms with E-state index in [1.807, 2.05) is 32.0 Å². The van der Waals surface area contributed by atoms with E-state index >= 15 is 0 Å². The molecule has 4 heteroatoms. The van der Waals surface area contributed by atoms with E-state index in [0.29, 0.717) is 13.2 Å². The molecule has 1 N–H and O–H groups in total. The smallest absolute Gasteiger partial charge is 0.224 e. The monoisotopic (exact) mass is 319 g/mol. The largest absolute Gasteiger partial charge is 0.353 e. The molecular weight excluding hydrogens is 290 g/mol. The van der Waals surface area contributed by atoms with Gasteiger partial charge in [0.1, 0.15) is 6.10 Å². The number of amides is 1. The van der Waals surface area contributed by atoms with E-state index in [0.717, 1.165) is 6.42 Å². The van der Waals surface area contributed by atoms with Crippen molar-refractivity contribution in [1.29, 1.82) is 0 Å². The first-order chi connectivity index (χ1) is 10.7. The molecule has 0 aromatic heterocycles. The van der Waals surface area contributed by atoms with Crippen LogP contribution in [0.5, 0.6) is 0 Å². The van der Waals surface area contributed by atoms with Gasteiger partial charge >= 0.3 is 0 Å². The van der Waals surface area contributed by atoms with E-state index in [-0.39, 0.29) is 23.3 Å². The van der Waals surface area contributed by atoms with Crippen LogP contribution in [0.4, 0.5) is 0 Å². The van der Waals surface area contributed by atoms with Crippen LogP contribution in [0.25, 0.3) is 0 Å². The third-order valence-electron chi connectivity index (χ3n) is 4.22. The Balaban J connectivity index is 1.95. The van der Waals surface area contributed by atoms with Crippen LogP contribution in [-0.4, -0.2) is 30.9 Å². The molecule has 0 saturated carbocycles. The lowest BCUT2D eigenvalue weighted by Crippen LogP contribution is -2.42. The summed E-state index contributed by atoms with van der Waals surface area (Å²) in [5, 5.41) is 3.05. The first-order valence-electron chi connectivity index (χ1n) is 8.31. The molecule has 1 aromatic carbocycles. The highest BCUT2D eigenvalue weighted by atomic mass is 16.7. The summed E-state index contributed by atoms with van der Waals surface area (Å²) in [5.74, 6) is -0.557. The zero-order valence-electron chi connectivity index (χ0n) is 14.9. The fraction of sp³-hybridized carbons (Fsp3) is 0.632. The summed E-state index contributed by atoms with van der Waals surface area (Å²) in [4.78, 5) is 12.7. The van der Waals surface area contributed by atoms with Gasteiger partial charge in [-0.25, -0.2) is 0 Å². The van der Waals surface area contributed by atoms with Crippen molar-refractivity contribution in [3.05, 3.63) is 35.9 Å². The van der Waals surface area contributed by atoms with Gasteiger partial charge in [0.2, 0.25) is 5.91 Å². The van der Waals surface area contributed by atoms with Crippen LogP contribution >= 0.6 is 0 Å². The number of rotatable bonds is 5. The van der Waals surface area contributed by atoms with Gasteiger partial charge in [0, 0.05) is 12.5 Å². The fourth-order valence-corrected chi connectivity index (χ4v) is 2.84. The summed E-state index contributed by atoms with van der Waals surface area (Å²) < 4.78 is 11.3. The number of hydrogen-bond donors (Lipinski definition) is 1. The summed E-state index contributed by atoms with van der Waals surface area (Å²) in [7, 11) is 0. The minimum absolute atomic E-state index is 0.0775. The first kappa shape index (κ1) is 18.0. The molecule has 23 heavy (non-hydrogen) atoms. The number of carbonyl (C=O) groups is 1. The summed E-state index contributed by atoms with van der Waals surface area (Å²) in [5.41, 5.74) is 1.08. The van der Waals surface area contributed by atoms with Crippen molar-refractivity contribution in [3.63, 3.8) is 0 Å². The van der Waals surface area contributed by atoms with Gasteiger partial charge < -0.3 is 14.8 Å².